The van der Waals surface area contributed by atoms with Gasteiger partial charge in [0.15, 0.2) is 11.9 Å². The molecule has 0 bridgehead atoms. The first kappa shape index (κ1) is 32.0. The first-order valence-electron chi connectivity index (χ1n) is 13.4. The fourth-order valence-electron chi connectivity index (χ4n) is 4.50. The topological polar surface area (TPSA) is 125 Å². The number of allylic oxidation sites excluding steroid dienone is 2. The van der Waals surface area contributed by atoms with Gasteiger partial charge in [0, 0.05) is 35.2 Å². The van der Waals surface area contributed by atoms with Gasteiger partial charge < -0.3 is 19.9 Å². The van der Waals surface area contributed by atoms with E-state index >= 15 is 4.39 Å². The van der Waals surface area contributed by atoms with Gasteiger partial charge in [0.1, 0.15) is 17.5 Å². The molecule has 1 saturated heterocycles. The Labute approximate surface area is 251 Å². The summed E-state index contributed by atoms with van der Waals surface area (Å²) in [5.41, 5.74) is 4.52. The van der Waals surface area contributed by atoms with E-state index in [-0.39, 0.29) is 49.1 Å². The SMILES string of the molecule is C[C@@H](SC1COC(/C=C/C=C/c2ccc(C#N)cc2F)OC1)[C@@](Cn1ccnn1)(OC(=O)CCN)c1ccc(F)cc1F. The van der Waals surface area contributed by atoms with Crippen LogP contribution in [0.2, 0.25) is 0 Å². The van der Waals surface area contributed by atoms with E-state index in [2.05, 4.69) is 10.3 Å². The molecule has 0 amide bonds. The minimum Gasteiger partial charge on any atom is -0.451 e. The lowest BCUT2D eigenvalue weighted by Crippen LogP contribution is -2.47. The standard InChI is InChI=1S/C30H30F3N5O4S/c1-20(43-24-17-40-29(41-18-24)5-3-2-4-22-7-6-21(16-35)14-26(22)32)30(42-28(39)10-11-34,19-38-13-12-36-37-38)25-9-8-23(31)15-27(25)33/h2-9,12-15,20,24,29H,10-11,17-19,34H2,1H3/b4-2+,5-3+/t20-,24?,29?,30-/m1/s1. The molecule has 2 atom stereocenters. The highest BCUT2D eigenvalue weighted by Gasteiger charge is 2.46. The zero-order valence-electron chi connectivity index (χ0n) is 23.2. The maximum Gasteiger partial charge on any atom is 0.308 e. The lowest BCUT2D eigenvalue weighted by molar-refractivity contribution is -0.163. The van der Waals surface area contributed by atoms with E-state index in [0.717, 1.165) is 12.1 Å². The predicted molar refractivity (Wildman–Crippen MR) is 154 cm³/mol. The van der Waals surface area contributed by atoms with Gasteiger partial charge in [0.2, 0.25) is 0 Å². The summed E-state index contributed by atoms with van der Waals surface area (Å²) in [5.74, 6) is -2.79. The Kier molecular flexibility index (Phi) is 11.1. The molecule has 0 radical (unpaired) electrons. The number of hydrogen-bond donors (Lipinski definition) is 1. The average molecular weight is 614 g/mol. The summed E-state index contributed by atoms with van der Waals surface area (Å²) in [5, 5.41) is 15.8. The Morgan fingerprint density at radius 3 is 2.67 bits per heavy atom. The second-order valence-electron chi connectivity index (χ2n) is 9.65. The van der Waals surface area contributed by atoms with E-state index in [4.69, 9.17) is 25.2 Å². The Morgan fingerprint density at radius 1 is 1.23 bits per heavy atom. The molecule has 1 aliphatic rings. The Balaban J connectivity index is 1.47. The molecule has 4 rings (SSSR count). The van der Waals surface area contributed by atoms with Crippen LogP contribution in [0.4, 0.5) is 13.2 Å². The van der Waals surface area contributed by atoms with Gasteiger partial charge in [0.05, 0.1) is 49.3 Å². The Hall–Kier alpha value is -3.96. The number of rotatable bonds is 12. The van der Waals surface area contributed by atoms with Gasteiger partial charge in [-0.2, -0.15) is 5.26 Å². The van der Waals surface area contributed by atoms with E-state index in [1.165, 1.54) is 46.9 Å². The molecular formula is C30H30F3N5O4S. The zero-order valence-corrected chi connectivity index (χ0v) is 24.1. The maximum atomic E-state index is 15.3. The number of halogens is 3. The normalized spacial score (nSPS) is 19.3. The fraction of sp³-hybridized carbons (Fsp3) is 0.333. The fourth-order valence-corrected chi connectivity index (χ4v) is 5.86. The van der Waals surface area contributed by atoms with Crippen molar-refractivity contribution in [3.8, 4) is 6.07 Å². The number of aromatic nitrogens is 3. The van der Waals surface area contributed by atoms with Gasteiger partial charge in [-0.3, -0.25) is 4.79 Å². The highest BCUT2D eigenvalue weighted by Crippen LogP contribution is 2.42. The van der Waals surface area contributed by atoms with Crippen LogP contribution in [-0.2, 0) is 31.2 Å². The maximum absolute atomic E-state index is 15.3. The number of nitrogens with zero attached hydrogens (tertiary/aromatic N) is 4. The van der Waals surface area contributed by atoms with Crippen LogP contribution in [0.3, 0.4) is 0 Å². The highest BCUT2D eigenvalue weighted by molar-refractivity contribution is 8.00. The summed E-state index contributed by atoms with van der Waals surface area (Å²) < 4.78 is 62.3. The third-order valence-electron chi connectivity index (χ3n) is 6.63. The number of carbonyl (C=O) groups excluding carboxylic acids is 1. The van der Waals surface area contributed by atoms with Crippen molar-refractivity contribution in [1.82, 2.24) is 15.0 Å². The minimum atomic E-state index is -1.61. The number of nitrogens with two attached hydrogens (primary N) is 1. The molecule has 1 aromatic heterocycles. The van der Waals surface area contributed by atoms with Crippen LogP contribution in [-0.4, -0.2) is 57.5 Å². The van der Waals surface area contributed by atoms with E-state index in [9.17, 15) is 13.6 Å². The van der Waals surface area contributed by atoms with Crippen LogP contribution in [0.1, 0.15) is 30.0 Å². The largest absolute Gasteiger partial charge is 0.451 e. The summed E-state index contributed by atoms with van der Waals surface area (Å²) in [6.45, 7) is 2.24. The van der Waals surface area contributed by atoms with Crippen LogP contribution in [0, 0.1) is 28.8 Å². The van der Waals surface area contributed by atoms with Gasteiger partial charge >= 0.3 is 5.97 Å². The van der Waals surface area contributed by atoms with Crippen molar-refractivity contribution >= 4 is 23.8 Å². The van der Waals surface area contributed by atoms with Crippen LogP contribution in [0.25, 0.3) is 6.08 Å². The average Bonchev–Trinajstić information content (AvgIpc) is 3.49. The Bertz CT molecular complexity index is 1490. The zero-order chi connectivity index (χ0) is 30.8. The second-order valence-corrected chi connectivity index (χ2v) is 11.3. The lowest BCUT2D eigenvalue weighted by Gasteiger charge is -2.40. The number of nitriles is 1. The number of ether oxygens (including phenoxy) is 3. The molecule has 0 saturated carbocycles. The quantitative estimate of drug-likeness (QED) is 0.232. The van der Waals surface area contributed by atoms with Gasteiger partial charge in [0.25, 0.3) is 0 Å². The molecule has 0 aliphatic carbocycles. The van der Waals surface area contributed by atoms with Gasteiger partial charge in [-0.25, -0.2) is 17.9 Å². The number of benzene rings is 2. The molecule has 226 valence electrons. The molecule has 2 N–H and O–H groups in total. The number of esters is 1. The summed E-state index contributed by atoms with van der Waals surface area (Å²) in [7, 11) is 0. The first-order valence-corrected chi connectivity index (χ1v) is 14.3. The smallest absolute Gasteiger partial charge is 0.308 e. The highest BCUT2D eigenvalue weighted by atomic mass is 32.2. The molecule has 2 aromatic carbocycles. The number of thioether (sulfide) groups is 1. The molecule has 0 spiro atoms. The molecule has 13 heteroatoms. The van der Waals surface area contributed by atoms with Gasteiger partial charge in [-0.05, 0) is 37.3 Å². The minimum absolute atomic E-state index is 0.0151. The monoisotopic (exact) mass is 613 g/mol. The van der Waals surface area contributed by atoms with Crippen molar-refractivity contribution in [3.63, 3.8) is 0 Å². The second kappa shape index (κ2) is 15.0. The van der Waals surface area contributed by atoms with Crippen LogP contribution >= 0.6 is 11.8 Å². The van der Waals surface area contributed by atoms with E-state index in [1.807, 2.05) is 6.07 Å². The number of carbonyl (C=O) groups is 1. The van der Waals surface area contributed by atoms with Crippen molar-refractivity contribution < 1.29 is 32.2 Å². The van der Waals surface area contributed by atoms with Crippen molar-refractivity contribution in [2.45, 2.75) is 42.3 Å². The van der Waals surface area contributed by atoms with Crippen LogP contribution in [0.15, 0.2) is 67.0 Å². The molecule has 1 aliphatic heterocycles. The van der Waals surface area contributed by atoms with E-state index in [1.54, 1.807) is 37.4 Å². The third-order valence-corrected chi connectivity index (χ3v) is 8.08. The summed E-state index contributed by atoms with van der Waals surface area (Å²) in [6.07, 6.45) is 8.76. The predicted octanol–water partition coefficient (Wildman–Crippen LogP) is 4.49. The van der Waals surface area contributed by atoms with Crippen LogP contribution < -0.4 is 5.73 Å². The van der Waals surface area contributed by atoms with Gasteiger partial charge in [-0.15, -0.1) is 16.9 Å². The van der Waals surface area contributed by atoms with Crippen molar-refractivity contribution in [2.24, 2.45) is 5.73 Å². The van der Waals surface area contributed by atoms with Gasteiger partial charge in [-0.1, -0.05) is 29.5 Å². The summed E-state index contributed by atoms with van der Waals surface area (Å²) in [6, 6.07) is 9.22. The molecular weight excluding hydrogens is 583 g/mol. The molecule has 2 heterocycles. The van der Waals surface area contributed by atoms with Crippen molar-refractivity contribution in [1.29, 1.82) is 5.26 Å². The molecule has 9 nitrogen and oxygen atoms in total. The lowest BCUT2D eigenvalue weighted by atomic mass is 9.89. The molecule has 43 heavy (non-hydrogen) atoms. The Morgan fingerprint density at radius 2 is 2.02 bits per heavy atom. The van der Waals surface area contributed by atoms with E-state index < -0.39 is 40.6 Å². The first-order chi connectivity index (χ1) is 20.7. The molecule has 3 aromatic rings. The summed E-state index contributed by atoms with van der Waals surface area (Å²) in [4.78, 5) is 12.8. The molecule has 1 fully saturated rings. The van der Waals surface area contributed by atoms with Crippen molar-refractivity contribution in [2.75, 3.05) is 19.8 Å². The molecule has 0 unspecified atom stereocenters. The summed E-state index contributed by atoms with van der Waals surface area (Å²) >= 11 is 1.37. The van der Waals surface area contributed by atoms with Crippen LogP contribution in [0.5, 0.6) is 0 Å². The van der Waals surface area contributed by atoms with E-state index in [0.29, 0.717) is 5.56 Å². The third kappa shape index (κ3) is 8.32. The van der Waals surface area contributed by atoms with Crippen molar-refractivity contribution in [3.05, 3.63) is 101 Å². The number of hydrogen-bond acceptors (Lipinski definition) is 9.